The van der Waals surface area contributed by atoms with E-state index in [-0.39, 0.29) is 31.1 Å². The zero-order valence-electron chi connectivity index (χ0n) is 14.2. The van der Waals surface area contributed by atoms with Crippen molar-refractivity contribution in [2.45, 2.75) is 31.9 Å². The molecule has 6 nitrogen and oxygen atoms in total. The van der Waals surface area contributed by atoms with Crippen molar-refractivity contribution in [2.24, 2.45) is 5.92 Å². The second kappa shape index (κ2) is 6.11. The van der Waals surface area contributed by atoms with Gasteiger partial charge in [0.05, 0.1) is 6.54 Å². The highest BCUT2D eigenvalue weighted by Gasteiger charge is 2.62. The molecule has 0 saturated heterocycles. The summed E-state index contributed by atoms with van der Waals surface area (Å²) >= 11 is 0. The van der Waals surface area contributed by atoms with Gasteiger partial charge in [-0.05, 0) is 17.7 Å². The van der Waals surface area contributed by atoms with E-state index in [1.54, 1.807) is 12.1 Å². The molecule has 1 amide bonds. The molecule has 1 N–H and O–H groups in total. The minimum Gasteiger partial charge on any atom is -0.476 e. The van der Waals surface area contributed by atoms with Gasteiger partial charge >= 0.3 is 5.97 Å². The van der Waals surface area contributed by atoms with Crippen molar-refractivity contribution in [2.75, 3.05) is 6.54 Å². The number of alkyl halides is 2. The van der Waals surface area contributed by atoms with Crippen LogP contribution in [0.15, 0.2) is 24.3 Å². The van der Waals surface area contributed by atoms with Gasteiger partial charge in [0.15, 0.2) is 5.69 Å². The predicted octanol–water partition coefficient (Wildman–Crippen LogP) is 2.31. The Bertz CT molecular complexity index is 924. The summed E-state index contributed by atoms with van der Waals surface area (Å²) < 4.78 is 41.0. The molecule has 0 bridgehead atoms. The van der Waals surface area contributed by atoms with Gasteiger partial charge in [-0.15, -0.1) is 0 Å². The van der Waals surface area contributed by atoms with Crippen LogP contribution in [-0.2, 0) is 24.3 Å². The molecule has 0 spiro atoms. The summed E-state index contributed by atoms with van der Waals surface area (Å²) in [5.41, 5.74) is 1.58. The Morgan fingerprint density at radius 3 is 2.52 bits per heavy atom. The third-order valence-electron chi connectivity index (χ3n) is 5.02. The van der Waals surface area contributed by atoms with Crippen molar-refractivity contribution in [3.8, 4) is 0 Å². The lowest BCUT2D eigenvalue weighted by molar-refractivity contribution is -0.135. The Morgan fingerprint density at radius 2 is 1.93 bits per heavy atom. The number of benzene rings is 1. The number of carbonyl (C=O) groups excluding carboxylic acids is 1. The number of fused-ring (bicyclic) bond motifs is 1. The molecule has 1 unspecified atom stereocenters. The Hall–Kier alpha value is -2.84. The molecule has 1 saturated carbocycles. The minimum absolute atomic E-state index is 0.0498. The maximum atomic E-state index is 13.2. The lowest BCUT2D eigenvalue weighted by atomic mass is 10.0. The second-order valence-electron chi connectivity index (χ2n) is 6.89. The third kappa shape index (κ3) is 3.17. The molecular weight excluding hydrogens is 363 g/mol. The first-order valence-corrected chi connectivity index (χ1v) is 8.49. The molecule has 1 atom stereocenters. The number of amides is 1. The molecule has 9 heteroatoms. The van der Waals surface area contributed by atoms with E-state index in [4.69, 9.17) is 0 Å². The van der Waals surface area contributed by atoms with Gasteiger partial charge in [-0.3, -0.25) is 9.48 Å². The fraction of sp³-hybridized carbons (Fsp3) is 0.389. The van der Waals surface area contributed by atoms with E-state index in [0.717, 1.165) is 5.56 Å². The first-order valence-electron chi connectivity index (χ1n) is 8.49. The fourth-order valence-corrected chi connectivity index (χ4v) is 3.45. The molecule has 1 fully saturated rings. The van der Waals surface area contributed by atoms with Crippen molar-refractivity contribution >= 4 is 11.9 Å². The Balaban J connectivity index is 1.60. The SMILES string of the molecule is O=C(O)c1nn(Cc2ccc(F)cc2)c2c1CN(C(=O)C1CC1(F)F)CC2. The normalized spacial score (nSPS) is 20.3. The largest absolute Gasteiger partial charge is 0.476 e. The van der Waals surface area contributed by atoms with E-state index in [1.807, 2.05) is 0 Å². The molecule has 4 rings (SSSR count). The average molecular weight is 379 g/mol. The molecule has 142 valence electrons. The van der Waals surface area contributed by atoms with Gasteiger partial charge in [0, 0.05) is 37.2 Å². The van der Waals surface area contributed by atoms with Crippen LogP contribution in [0.25, 0.3) is 0 Å². The van der Waals surface area contributed by atoms with Crippen LogP contribution in [0.4, 0.5) is 13.2 Å². The summed E-state index contributed by atoms with van der Waals surface area (Å²) in [7, 11) is 0. The van der Waals surface area contributed by atoms with Gasteiger partial charge < -0.3 is 10.0 Å². The number of aromatic carboxylic acids is 1. The molecular formula is C18H16F3N3O3. The van der Waals surface area contributed by atoms with Crippen LogP contribution in [0.2, 0.25) is 0 Å². The summed E-state index contributed by atoms with van der Waals surface area (Å²) in [6.45, 7) is 0.433. The van der Waals surface area contributed by atoms with E-state index in [1.165, 1.54) is 21.7 Å². The number of carbonyl (C=O) groups is 2. The van der Waals surface area contributed by atoms with Crippen LogP contribution in [0.3, 0.4) is 0 Å². The van der Waals surface area contributed by atoms with Crippen LogP contribution < -0.4 is 0 Å². The molecule has 2 aromatic rings. The summed E-state index contributed by atoms with van der Waals surface area (Å²) in [5, 5.41) is 13.6. The van der Waals surface area contributed by atoms with Crippen LogP contribution in [0.5, 0.6) is 0 Å². The van der Waals surface area contributed by atoms with E-state index in [0.29, 0.717) is 17.7 Å². The van der Waals surface area contributed by atoms with Crippen molar-refractivity contribution in [1.29, 1.82) is 0 Å². The topological polar surface area (TPSA) is 75.4 Å². The van der Waals surface area contributed by atoms with Crippen LogP contribution >= 0.6 is 0 Å². The number of nitrogens with zero attached hydrogens (tertiary/aromatic N) is 3. The number of rotatable bonds is 4. The number of halogens is 3. The third-order valence-corrected chi connectivity index (χ3v) is 5.02. The highest BCUT2D eigenvalue weighted by atomic mass is 19.3. The van der Waals surface area contributed by atoms with Gasteiger partial charge in [-0.2, -0.15) is 5.10 Å². The van der Waals surface area contributed by atoms with Gasteiger partial charge in [0.25, 0.3) is 5.92 Å². The number of carboxylic acid groups (broad SMARTS) is 1. The van der Waals surface area contributed by atoms with Gasteiger partial charge in [0.2, 0.25) is 5.91 Å². The number of hydrogen-bond donors (Lipinski definition) is 1. The van der Waals surface area contributed by atoms with Gasteiger partial charge in [-0.25, -0.2) is 18.0 Å². The van der Waals surface area contributed by atoms with Crippen molar-refractivity contribution in [1.82, 2.24) is 14.7 Å². The lowest BCUT2D eigenvalue weighted by Crippen LogP contribution is -2.38. The van der Waals surface area contributed by atoms with Gasteiger partial charge in [0.1, 0.15) is 11.7 Å². The average Bonchev–Trinajstić information content (AvgIpc) is 3.11. The van der Waals surface area contributed by atoms with Crippen molar-refractivity contribution in [3.63, 3.8) is 0 Å². The molecule has 2 aliphatic rings. The van der Waals surface area contributed by atoms with E-state index >= 15 is 0 Å². The first kappa shape index (κ1) is 17.6. The summed E-state index contributed by atoms with van der Waals surface area (Å²) in [5.74, 6) is -6.52. The maximum Gasteiger partial charge on any atom is 0.356 e. The highest BCUT2D eigenvalue weighted by molar-refractivity contribution is 5.88. The number of hydrogen-bond acceptors (Lipinski definition) is 3. The van der Waals surface area contributed by atoms with Crippen molar-refractivity contribution in [3.05, 3.63) is 52.6 Å². The molecule has 1 aromatic heterocycles. The highest BCUT2D eigenvalue weighted by Crippen LogP contribution is 2.49. The second-order valence-corrected chi connectivity index (χ2v) is 6.89. The molecule has 2 heterocycles. The summed E-state index contributed by atoms with van der Waals surface area (Å²) in [6.07, 6.45) is -0.133. The molecule has 0 radical (unpaired) electrons. The van der Waals surface area contributed by atoms with E-state index in [9.17, 15) is 27.9 Å². The number of carboxylic acids is 1. The quantitative estimate of drug-likeness (QED) is 0.885. The van der Waals surface area contributed by atoms with Gasteiger partial charge in [-0.1, -0.05) is 12.1 Å². The maximum absolute atomic E-state index is 13.2. The Morgan fingerprint density at radius 1 is 1.26 bits per heavy atom. The van der Waals surface area contributed by atoms with Crippen LogP contribution in [-0.4, -0.2) is 44.1 Å². The zero-order valence-corrected chi connectivity index (χ0v) is 14.2. The van der Waals surface area contributed by atoms with Crippen LogP contribution in [0, 0.1) is 11.7 Å². The predicted molar refractivity (Wildman–Crippen MR) is 86.9 cm³/mol. The smallest absolute Gasteiger partial charge is 0.356 e. The molecule has 1 aliphatic carbocycles. The number of aromatic nitrogens is 2. The fourth-order valence-electron chi connectivity index (χ4n) is 3.45. The van der Waals surface area contributed by atoms with Crippen molar-refractivity contribution < 1.29 is 27.9 Å². The molecule has 27 heavy (non-hydrogen) atoms. The summed E-state index contributed by atoms with van der Waals surface area (Å²) in [4.78, 5) is 25.1. The minimum atomic E-state index is -2.96. The monoisotopic (exact) mass is 379 g/mol. The Kier molecular flexibility index (Phi) is 3.97. The summed E-state index contributed by atoms with van der Waals surface area (Å²) in [6, 6.07) is 5.77. The standard InChI is InChI=1S/C18H16F3N3O3/c19-11-3-1-10(2-4-11)8-24-14-5-6-23(16(25)13-7-18(13,20)21)9-12(14)15(22-24)17(26)27/h1-4,13H,5-9H2,(H,26,27). The Labute approximate surface area is 152 Å². The molecule has 1 aromatic carbocycles. The van der Waals surface area contributed by atoms with E-state index in [2.05, 4.69) is 5.10 Å². The lowest BCUT2D eigenvalue weighted by Gasteiger charge is -2.28. The molecule has 1 aliphatic heterocycles. The van der Waals surface area contributed by atoms with E-state index < -0.39 is 30.1 Å². The van der Waals surface area contributed by atoms with Crippen LogP contribution in [0.1, 0.15) is 33.7 Å². The zero-order chi connectivity index (χ0) is 19.3. The first-order chi connectivity index (χ1) is 12.8.